The number of ether oxygens (including phenoxy) is 1. The lowest BCUT2D eigenvalue weighted by molar-refractivity contribution is 0.00285. The van der Waals surface area contributed by atoms with Crippen LogP contribution in [0.1, 0.15) is 25.8 Å². The molecule has 72 valence electrons. The van der Waals surface area contributed by atoms with E-state index in [-0.39, 0.29) is 0 Å². The number of hydrogen-bond acceptors (Lipinski definition) is 4. The summed E-state index contributed by atoms with van der Waals surface area (Å²) in [6.45, 7) is 2.85. The van der Waals surface area contributed by atoms with E-state index in [0.717, 1.165) is 19.4 Å². The number of rotatable bonds is 1. The molecule has 1 aliphatic rings. The Bertz CT molecular complexity index is 333. The van der Waals surface area contributed by atoms with Gasteiger partial charge in [0.1, 0.15) is 0 Å². The van der Waals surface area contributed by atoms with Crippen molar-refractivity contribution in [3.8, 4) is 0 Å². The summed E-state index contributed by atoms with van der Waals surface area (Å²) >= 11 is 5.02. The monoisotopic (exact) mass is 200 g/mol. The number of tetrazole rings is 1. The van der Waals surface area contributed by atoms with Crippen LogP contribution in [0.15, 0.2) is 0 Å². The van der Waals surface area contributed by atoms with Gasteiger partial charge in [0.25, 0.3) is 0 Å². The molecule has 2 atom stereocenters. The SMILES string of the molecule is CC1CC(n2[nH]nnc2=S)CCO1. The molecular formula is C7H12N4OS. The van der Waals surface area contributed by atoms with Gasteiger partial charge >= 0.3 is 0 Å². The molecule has 0 radical (unpaired) electrons. The summed E-state index contributed by atoms with van der Waals surface area (Å²) in [5.74, 6) is 0. The van der Waals surface area contributed by atoms with Gasteiger partial charge in [-0.15, -0.1) is 0 Å². The Hall–Kier alpha value is -0.750. The van der Waals surface area contributed by atoms with Crippen molar-refractivity contribution in [3.05, 3.63) is 4.77 Å². The first-order valence-electron chi connectivity index (χ1n) is 4.38. The van der Waals surface area contributed by atoms with E-state index in [1.165, 1.54) is 0 Å². The lowest BCUT2D eigenvalue weighted by Crippen LogP contribution is -2.26. The third-order valence-electron chi connectivity index (χ3n) is 2.32. The Morgan fingerprint density at radius 1 is 1.69 bits per heavy atom. The molecule has 1 fully saturated rings. The zero-order valence-electron chi connectivity index (χ0n) is 7.43. The molecule has 0 aromatic carbocycles. The van der Waals surface area contributed by atoms with Gasteiger partial charge in [0.05, 0.1) is 12.1 Å². The molecule has 0 aliphatic carbocycles. The van der Waals surface area contributed by atoms with E-state index in [1.807, 2.05) is 4.68 Å². The molecule has 5 nitrogen and oxygen atoms in total. The number of nitrogens with zero attached hydrogens (tertiary/aromatic N) is 3. The van der Waals surface area contributed by atoms with Gasteiger partial charge in [-0.3, -0.25) is 0 Å². The summed E-state index contributed by atoms with van der Waals surface area (Å²) in [6, 6.07) is 0.367. The molecule has 1 saturated heterocycles. The van der Waals surface area contributed by atoms with Crippen LogP contribution in [0.3, 0.4) is 0 Å². The van der Waals surface area contributed by atoms with Crippen molar-refractivity contribution in [2.24, 2.45) is 0 Å². The van der Waals surface area contributed by atoms with Crippen LogP contribution in [0.5, 0.6) is 0 Å². The lowest BCUT2D eigenvalue weighted by Gasteiger charge is -2.26. The smallest absolute Gasteiger partial charge is 0.238 e. The predicted molar refractivity (Wildman–Crippen MR) is 48.9 cm³/mol. The van der Waals surface area contributed by atoms with Gasteiger partial charge in [-0.2, -0.15) is 5.21 Å². The van der Waals surface area contributed by atoms with E-state index in [1.54, 1.807) is 0 Å². The van der Waals surface area contributed by atoms with E-state index in [2.05, 4.69) is 22.4 Å². The van der Waals surface area contributed by atoms with Crippen LogP contribution in [0.25, 0.3) is 0 Å². The van der Waals surface area contributed by atoms with Crippen molar-refractivity contribution in [2.45, 2.75) is 31.9 Å². The fraction of sp³-hybridized carbons (Fsp3) is 0.857. The minimum absolute atomic E-state index is 0.295. The number of aromatic amines is 1. The quantitative estimate of drug-likeness (QED) is 0.689. The Morgan fingerprint density at radius 3 is 3.15 bits per heavy atom. The highest BCUT2D eigenvalue weighted by atomic mass is 32.1. The van der Waals surface area contributed by atoms with Crippen molar-refractivity contribution in [3.63, 3.8) is 0 Å². The van der Waals surface area contributed by atoms with Gasteiger partial charge < -0.3 is 4.74 Å². The second-order valence-corrected chi connectivity index (χ2v) is 3.68. The summed E-state index contributed by atoms with van der Waals surface area (Å²) in [5, 5.41) is 10.2. The van der Waals surface area contributed by atoms with Crippen LogP contribution in [0, 0.1) is 4.77 Å². The van der Waals surface area contributed by atoms with Crippen LogP contribution in [0.4, 0.5) is 0 Å². The molecule has 1 aromatic heterocycles. The normalized spacial score (nSPS) is 29.0. The Morgan fingerprint density at radius 2 is 2.54 bits per heavy atom. The molecule has 6 heteroatoms. The first-order chi connectivity index (χ1) is 6.27. The lowest BCUT2D eigenvalue weighted by atomic mass is 10.1. The van der Waals surface area contributed by atoms with Crippen LogP contribution < -0.4 is 0 Å². The largest absolute Gasteiger partial charge is 0.378 e. The maximum absolute atomic E-state index is 5.44. The van der Waals surface area contributed by atoms with Crippen molar-refractivity contribution >= 4 is 12.2 Å². The number of hydrogen-bond donors (Lipinski definition) is 1. The standard InChI is InChI=1S/C7H12N4OS/c1-5-4-6(2-3-12-5)11-7(13)8-9-10-11/h5-6H,2-4H2,1H3,(H,8,10,13). The minimum Gasteiger partial charge on any atom is -0.378 e. The van der Waals surface area contributed by atoms with Crippen LogP contribution in [-0.4, -0.2) is 32.9 Å². The van der Waals surface area contributed by atoms with Crippen molar-refractivity contribution in [2.75, 3.05) is 6.61 Å². The predicted octanol–water partition coefficient (Wildman–Crippen LogP) is 1.08. The molecule has 13 heavy (non-hydrogen) atoms. The topological polar surface area (TPSA) is 55.7 Å². The first-order valence-corrected chi connectivity index (χ1v) is 4.79. The highest BCUT2D eigenvalue weighted by Gasteiger charge is 2.21. The number of aromatic nitrogens is 4. The van der Waals surface area contributed by atoms with Gasteiger partial charge in [0.15, 0.2) is 0 Å². The Balaban J connectivity index is 2.17. The average Bonchev–Trinajstić information content (AvgIpc) is 2.51. The molecule has 1 aliphatic heterocycles. The highest BCUT2D eigenvalue weighted by Crippen LogP contribution is 2.23. The fourth-order valence-electron chi connectivity index (χ4n) is 1.65. The van der Waals surface area contributed by atoms with Crippen LogP contribution in [0.2, 0.25) is 0 Å². The third-order valence-corrected chi connectivity index (χ3v) is 2.60. The molecule has 1 aromatic rings. The van der Waals surface area contributed by atoms with Gasteiger partial charge in [-0.1, -0.05) is 10.3 Å². The summed E-state index contributed by atoms with van der Waals surface area (Å²) < 4.78 is 7.81. The molecule has 2 heterocycles. The molecule has 0 bridgehead atoms. The second-order valence-electron chi connectivity index (χ2n) is 3.31. The molecule has 0 saturated carbocycles. The summed E-state index contributed by atoms with van der Waals surface area (Å²) in [6.07, 6.45) is 2.24. The van der Waals surface area contributed by atoms with E-state index in [9.17, 15) is 0 Å². The van der Waals surface area contributed by atoms with E-state index in [0.29, 0.717) is 16.9 Å². The van der Waals surface area contributed by atoms with Crippen LogP contribution in [-0.2, 0) is 4.74 Å². The summed E-state index contributed by atoms with van der Waals surface area (Å²) in [5.41, 5.74) is 0. The van der Waals surface area contributed by atoms with E-state index >= 15 is 0 Å². The zero-order valence-corrected chi connectivity index (χ0v) is 8.25. The van der Waals surface area contributed by atoms with Gasteiger partial charge in [-0.25, -0.2) is 4.68 Å². The zero-order chi connectivity index (χ0) is 9.26. The maximum Gasteiger partial charge on any atom is 0.238 e. The van der Waals surface area contributed by atoms with Crippen molar-refractivity contribution < 1.29 is 4.74 Å². The number of nitrogens with one attached hydrogen (secondary N) is 1. The second kappa shape index (κ2) is 3.55. The summed E-state index contributed by atoms with van der Waals surface area (Å²) in [7, 11) is 0. The van der Waals surface area contributed by atoms with E-state index in [4.69, 9.17) is 17.0 Å². The average molecular weight is 200 g/mol. The van der Waals surface area contributed by atoms with Crippen molar-refractivity contribution in [1.82, 2.24) is 20.2 Å². The summed E-state index contributed by atoms with van der Waals surface area (Å²) in [4.78, 5) is 0. The molecule has 1 N–H and O–H groups in total. The van der Waals surface area contributed by atoms with Gasteiger partial charge in [0, 0.05) is 6.61 Å². The fourth-order valence-corrected chi connectivity index (χ4v) is 1.88. The number of H-pyrrole nitrogens is 1. The Labute approximate surface area is 81.1 Å². The molecule has 2 unspecified atom stereocenters. The van der Waals surface area contributed by atoms with Gasteiger partial charge in [0.2, 0.25) is 4.77 Å². The maximum atomic E-state index is 5.44. The van der Waals surface area contributed by atoms with Gasteiger partial charge in [-0.05, 0) is 32.0 Å². The third kappa shape index (κ3) is 1.78. The molecule has 0 amide bonds. The molecule has 0 spiro atoms. The first kappa shape index (κ1) is 8.83. The van der Waals surface area contributed by atoms with Crippen molar-refractivity contribution in [1.29, 1.82) is 0 Å². The van der Waals surface area contributed by atoms with Crippen LogP contribution >= 0.6 is 12.2 Å². The Kier molecular flexibility index (Phi) is 2.41. The highest BCUT2D eigenvalue weighted by molar-refractivity contribution is 7.71. The minimum atomic E-state index is 0.295. The van der Waals surface area contributed by atoms with E-state index < -0.39 is 0 Å². The molecular weight excluding hydrogens is 188 g/mol. The molecule has 2 rings (SSSR count).